The molecule has 0 aliphatic carbocycles. The molecule has 0 spiro atoms. The van der Waals surface area contributed by atoms with Crippen molar-refractivity contribution in [2.24, 2.45) is 5.92 Å². The van der Waals surface area contributed by atoms with E-state index in [0.717, 1.165) is 6.54 Å². The smallest absolute Gasteiger partial charge is 0.337 e. The lowest BCUT2D eigenvalue weighted by Crippen LogP contribution is -2.42. The number of carboxylic acids is 1. The van der Waals surface area contributed by atoms with E-state index in [1.54, 1.807) is 18.3 Å². The molecule has 2 rings (SSSR count). The Balaban J connectivity index is 2.16. The minimum Gasteiger partial charge on any atom is -0.478 e. The predicted octanol–water partition coefficient (Wildman–Crippen LogP) is 2.40. The average Bonchev–Trinajstić information content (AvgIpc) is 2.35. The van der Waals surface area contributed by atoms with Crippen LogP contribution in [0, 0.1) is 5.92 Å². The highest BCUT2D eigenvalue weighted by Gasteiger charge is 2.26. The van der Waals surface area contributed by atoms with E-state index in [0.29, 0.717) is 29.8 Å². The highest BCUT2D eigenvalue weighted by Crippen LogP contribution is 2.24. The van der Waals surface area contributed by atoms with E-state index in [9.17, 15) is 4.79 Å². The van der Waals surface area contributed by atoms with E-state index in [1.807, 2.05) is 0 Å². The van der Waals surface area contributed by atoms with Crippen LogP contribution in [0.2, 0.25) is 0 Å². The molecule has 98 valence electrons. The lowest BCUT2D eigenvalue weighted by molar-refractivity contribution is 0.0688. The van der Waals surface area contributed by atoms with Crippen molar-refractivity contribution in [3.8, 4) is 0 Å². The Morgan fingerprint density at radius 1 is 1.56 bits per heavy atom. The number of likely N-dealkylation sites (tertiary alicyclic amines) is 1. The number of rotatable bonds is 3. The molecule has 2 atom stereocenters. The summed E-state index contributed by atoms with van der Waals surface area (Å²) < 4.78 is 0. The Bertz CT molecular complexity index is 434. The fraction of sp³-hybridized carbons (Fsp3) is 0.571. The number of carboxylic acid groups (broad SMARTS) is 1. The molecule has 18 heavy (non-hydrogen) atoms. The van der Waals surface area contributed by atoms with Gasteiger partial charge < -0.3 is 5.11 Å². The average molecular weight is 248 g/mol. The summed E-state index contributed by atoms with van der Waals surface area (Å²) in [5.74, 6) is -0.230. The van der Waals surface area contributed by atoms with Gasteiger partial charge in [-0.3, -0.25) is 9.88 Å². The molecule has 1 aliphatic rings. The van der Waals surface area contributed by atoms with Gasteiger partial charge in [0.05, 0.1) is 11.3 Å². The maximum absolute atomic E-state index is 11.2. The van der Waals surface area contributed by atoms with Crippen molar-refractivity contribution in [3.05, 3.63) is 29.6 Å². The molecule has 1 saturated heterocycles. The third-order valence-corrected chi connectivity index (χ3v) is 3.98. The Kier molecular flexibility index (Phi) is 3.97. The molecule has 4 heteroatoms. The lowest BCUT2D eigenvalue weighted by atomic mass is 9.92. The van der Waals surface area contributed by atoms with E-state index in [4.69, 9.17) is 5.11 Å². The number of piperidine rings is 1. The zero-order valence-corrected chi connectivity index (χ0v) is 11.0. The van der Waals surface area contributed by atoms with Gasteiger partial charge in [0, 0.05) is 18.8 Å². The van der Waals surface area contributed by atoms with Gasteiger partial charge in [-0.25, -0.2) is 4.79 Å². The molecule has 0 amide bonds. The lowest BCUT2D eigenvalue weighted by Gasteiger charge is -2.37. The van der Waals surface area contributed by atoms with Crippen LogP contribution in [0.15, 0.2) is 18.3 Å². The van der Waals surface area contributed by atoms with Crippen LogP contribution in [0.1, 0.15) is 42.7 Å². The van der Waals surface area contributed by atoms with Crippen molar-refractivity contribution in [1.82, 2.24) is 9.88 Å². The first-order valence-corrected chi connectivity index (χ1v) is 6.51. The highest BCUT2D eigenvalue weighted by molar-refractivity contribution is 5.88. The molecule has 1 N–H and O–H groups in total. The van der Waals surface area contributed by atoms with Crippen molar-refractivity contribution in [1.29, 1.82) is 0 Å². The van der Waals surface area contributed by atoms with Crippen LogP contribution >= 0.6 is 0 Å². The van der Waals surface area contributed by atoms with Crippen LogP contribution in [0.4, 0.5) is 0 Å². The second-order valence-corrected chi connectivity index (χ2v) is 5.13. The molecule has 4 nitrogen and oxygen atoms in total. The largest absolute Gasteiger partial charge is 0.478 e. The summed E-state index contributed by atoms with van der Waals surface area (Å²) in [6, 6.07) is 3.79. The van der Waals surface area contributed by atoms with Gasteiger partial charge in [-0.1, -0.05) is 6.92 Å². The maximum Gasteiger partial charge on any atom is 0.337 e. The summed E-state index contributed by atoms with van der Waals surface area (Å²) in [5, 5.41) is 9.15. The molecule has 1 fully saturated rings. The van der Waals surface area contributed by atoms with E-state index >= 15 is 0 Å². The van der Waals surface area contributed by atoms with E-state index in [1.165, 1.54) is 12.8 Å². The first kappa shape index (κ1) is 13.0. The number of aromatic nitrogens is 1. The van der Waals surface area contributed by atoms with Crippen molar-refractivity contribution < 1.29 is 9.90 Å². The van der Waals surface area contributed by atoms with Gasteiger partial charge in [-0.2, -0.15) is 0 Å². The summed E-state index contributed by atoms with van der Waals surface area (Å²) in [6.45, 7) is 6.13. The second kappa shape index (κ2) is 5.48. The van der Waals surface area contributed by atoms with Gasteiger partial charge in [0.25, 0.3) is 0 Å². The summed E-state index contributed by atoms with van der Waals surface area (Å²) in [7, 11) is 0. The molecule has 2 unspecified atom stereocenters. The number of hydrogen-bond donors (Lipinski definition) is 1. The predicted molar refractivity (Wildman–Crippen MR) is 69.5 cm³/mol. The zero-order valence-electron chi connectivity index (χ0n) is 11.0. The number of pyridine rings is 1. The standard InChI is InChI=1S/C14H20N2O2/c1-10-5-4-8-16(11(10)2)9-13-12(14(17)18)6-3-7-15-13/h3,6-7,10-11H,4-5,8-9H2,1-2H3,(H,17,18). The Morgan fingerprint density at radius 2 is 2.33 bits per heavy atom. The molecule has 0 bridgehead atoms. The zero-order chi connectivity index (χ0) is 13.1. The third kappa shape index (κ3) is 2.70. The third-order valence-electron chi connectivity index (χ3n) is 3.98. The van der Waals surface area contributed by atoms with Gasteiger partial charge in [0.15, 0.2) is 0 Å². The molecule has 0 aromatic carbocycles. The van der Waals surface area contributed by atoms with Crippen LogP contribution in [0.3, 0.4) is 0 Å². The summed E-state index contributed by atoms with van der Waals surface area (Å²) >= 11 is 0. The van der Waals surface area contributed by atoms with Gasteiger partial charge in [0.1, 0.15) is 0 Å². The van der Waals surface area contributed by atoms with Crippen molar-refractivity contribution in [2.75, 3.05) is 6.54 Å². The Labute approximate surface area is 108 Å². The molecule has 1 aromatic rings. The molecule has 0 saturated carbocycles. The van der Waals surface area contributed by atoms with Gasteiger partial charge >= 0.3 is 5.97 Å². The van der Waals surface area contributed by atoms with E-state index in [2.05, 4.69) is 23.7 Å². The summed E-state index contributed by atoms with van der Waals surface area (Å²) in [6.07, 6.45) is 4.10. The monoisotopic (exact) mass is 248 g/mol. The summed E-state index contributed by atoms with van der Waals surface area (Å²) in [5.41, 5.74) is 0.994. The second-order valence-electron chi connectivity index (χ2n) is 5.13. The van der Waals surface area contributed by atoms with E-state index in [-0.39, 0.29) is 0 Å². The van der Waals surface area contributed by atoms with Crippen LogP contribution in [-0.4, -0.2) is 33.5 Å². The molecule has 0 radical (unpaired) electrons. The van der Waals surface area contributed by atoms with Crippen LogP contribution in [0.5, 0.6) is 0 Å². The number of carbonyl (C=O) groups is 1. The summed E-state index contributed by atoms with van der Waals surface area (Å²) in [4.78, 5) is 17.7. The number of nitrogens with zero attached hydrogens (tertiary/aromatic N) is 2. The fourth-order valence-corrected chi connectivity index (χ4v) is 2.60. The van der Waals surface area contributed by atoms with Crippen LogP contribution in [-0.2, 0) is 6.54 Å². The van der Waals surface area contributed by atoms with E-state index < -0.39 is 5.97 Å². The van der Waals surface area contributed by atoms with Gasteiger partial charge in [0.2, 0.25) is 0 Å². The minimum absolute atomic E-state index is 0.322. The van der Waals surface area contributed by atoms with Crippen molar-refractivity contribution in [2.45, 2.75) is 39.3 Å². The normalized spacial score (nSPS) is 25.0. The minimum atomic E-state index is -0.893. The Morgan fingerprint density at radius 3 is 3.06 bits per heavy atom. The molecule has 1 aromatic heterocycles. The molecule has 2 heterocycles. The quantitative estimate of drug-likeness (QED) is 0.892. The van der Waals surface area contributed by atoms with Crippen molar-refractivity contribution >= 4 is 5.97 Å². The Hall–Kier alpha value is -1.42. The first-order chi connectivity index (χ1) is 8.59. The molecular weight excluding hydrogens is 228 g/mol. The molecule has 1 aliphatic heterocycles. The number of aromatic carboxylic acids is 1. The van der Waals surface area contributed by atoms with Crippen LogP contribution < -0.4 is 0 Å². The maximum atomic E-state index is 11.2. The topological polar surface area (TPSA) is 53.4 Å². The van der Waals surface area contributed by atoms with Gasteiger partial charge in [-0.15, -0.1) is 0 Å². The van der Waals surface area contributed by atoms with Gasteiger partial charge in [-0.05, 0) is 44.4 Å². The SMILES string of the molecule is CC1CCCN(Cc2ncccc2C(=O)O)C1C. The highest BCUT2D eigenvalue weighted by atomic mass is 16.4. The first-order valence-electron chi connectivity index (χ1n) is 6.51. The van der Waals surface area contributed by atoms with Crippen molar-refractivity contribution in [3.63, 3.8) is 0 Å². The molecular formula is C14H20N2O2. The fourth-order valence-electron chi connectivity index (χ4n) is 2.60. The number of hydrogen-bond acceptors (Lipinski definition) is 3. The van der Waals surface area contributed by atoms with Crippen LogP contribution in [0.25, 0.3) is 0 Å².